The Hall–Kier alpha value is -2.22. The van der Waals surface area contributed by atoms with E-state index in [9.17, 15) is 5.11 Å². The molecular weight excluding hydrogens is 382 g/mol. The number of aliphatic hydroxyl groups is 1. The van der Waals surface area contributed by atoms with Crippen molar-refractivity contribution in [3.63, 3.8) is 0 Å². The molecule has 2 aromatic rings. The maximum atomic E-state index is 10.7. The van der Waals surface area contributed by atoms with E-state index in [2.05, 4.69) is 35.0 Å². The van der Waals surface area contributed by atoms with Crippen LogP contribution in [0.5, 0.6) is 5.75 Å². The molecule has 0 aliphatic carbocycles. The Balaban J connectivity index is 0.000000806. The van der Waals surface area contributed by atoms with Crippen LogP contribution in [0, 0.1) is 5.41 Å². The number of carboxylic acid groups (broad SMARTS) is 1. The maximum Gasteiger partial charge on any atom is 0.290 e. The van der Waals surface area contributed by atoms with Gasteiger partial charge in [-0.3, -0.25) is 14.7 Å². The van der Waals surface area contributed by atoms with E-state index in [1.807, 2.05) is 19.1 Å². The van der Waals surface area contributed by atoms with Crippen molar-refractivity contribution >= 4 is 17.4 Å². The van der Waals surface area contributed by atoms with Crippen molar-refractivity contribution < 1.29 is 19.7 Å². The molecule has 30 heavy (non-hydrogen) atoms. The molecule has 7 nitrogen and oxygen atoms in total. The normalized spacial score (nSPS) is 25.0. The van der Waals surface area contributed by atoms with Crippen molar-refractivity contribution in [2.75, 3.05) is 39.8 Å². The molecule has 0 bridgehead atoms. The highest BCUT2D eigenvalue weighted by Gasteiger charge is 2.44. The number of benzene rings is 1. The lowest BCUT2D eigenvalue weighted by molar-refractivity contribution is -0.122. The fourth-order valence-electron chi connectivity index (χ4n) is 4.88. The van der Waals surface area contributed by atoms with Crippen LogP contribution < -0.4 is 4.74 Å². The molecule has 164 valence electrons. The van der Waals surface area contributed by atoms with Crippen LogP contribution in [0.1, 0.15) is 31.9 Å². The third kappa shape index (κ3) is 5.28. The van der Waals surface area contributed by atoms with Crippen LogP contribution in [0.4, 0.5) is 0 Å². The highest BCUT2D eigenvalue weighted by atomic mass is 16.5. The molecule has 0 radical (unpaired) electrons. The molecule has 2 aliphatic heterocycles. The number of aromatic nitrogens is 1. The molecule has 2 aliphatic rings. The second kappa shape index (κ2) is 10.2. The number of ether oxygens (including phenoxy) is 1. The van der Waals surface area contributed by atoms with Crippen molar-refractivity contribution in [1.29, 1.82) is 0 Å². The standard InChI is InChI=1S/C22H31N3O2.CH2O2/c1-3-27-19-7-8-20-17(13-19)5-6-18(23-20)14-25-11-4-10-22(16-25)15-24(2)12-9-21(22)26;2-1-3/h5-8,13,21,26H,3-4,9-12,14-16H2,1-2H3;1H,(H,2,3)/t21-,22-;/m0./s1. The first-order chi connectivity index (χ1) is 14.5. The van der Waals surface area contributed by atoms with Crippen LogP contribution in [0.25, 0.3) is 10.9 Å². The summed E-state index contributed by atoms with van der Waals surface area (Å²) in [5.41, 5.74) is 2.14. The van der Waals surface area contributed by atoms with Crippen LogP contribution in [-0.2, 0) is 11.3 Å². The monoisotopic (exact) mass is 415 g/mol. The number of hydrogen-bond donors (Lipinski definition) is 2. The lowest BCUT2D eigenvalue weighted by atomic mass is 9.71. The molecule has 4 rings (SSSR count). The van der Waals surface area contributed by atoms with Crippen molar-refractivity contribution in [3.8, 4) is 5.75 Å². The highest BCUT2D eigenvalue weighted by Crippen LogP contribution is 2.38. The number of fused-ring (bicyclic) bond motifs is 1. The maximum absolute atomic E-state index is 10.7. The first kappa shape index (κ1) is 22.5. The third-order valence-electron chi connectivity index (χ3n) is 6.18. The van der Waals surface area contributed by atoms with Crippen LogP contribution in [-0.4, -0.2) is 77.4 Å². The molecule has 1 spiro atoms. The predicted octanol–water partition coefficient (Wildman–Crippen LogP) is 2.61. The number of likely N-dealkylation sites (tertiary alicyclic amines) is 2. The van der Waals surface area contributed by atoms with Gasteiger partial charge in [-0.15, -0.1) is 0 Å². The second-order valence-electron chi connectivity index (χ2n) is 8.41. The molecule has 2 atom stereocenters. The zero-order chi connectivity index (χ0) is 21.6. The largest absolute Gasteiger partial charge is 0.494 e. The van der Waals surface area contributed by atoms with E-state index < -0.39 is 0 Å². The van der Waals surface area contributed by atoms with Gasteiger partial charge in [0.05, 0.1) is 23.9 Å². The highest BCUT2D eigenvalue weighted by molar-refractivity contribution is 5.80. The van der Waals surface area contributed by atoms with Crippen molar-refractivity contribution in [2.45, 2.75) is 38.8 Å². The Labute approximate surface area is 178 Å². The molecule has 1 aromatic carbocycles. The summed E-state index contributed by atoms with van der Waals surface area (Å²) in [7, 11) is 2.17. The van der Waals surface area contributed by atoms with Gasteiger partial charge in [0.25, 0.3) is 6.47 Å². The summed E-state index contributed by atoms with van der Waals surface area (Å²) in [6.07, 6.45) is 2.98. The molecule has 3 heterocycles. The number of carbonyl (C=O) groups is 1. The van der Waals surface area contributed by atoms with E-state index >= 15 is 0 Å². The van der Waals surface area contributed by atoms with Crippen molar-refractivity contribution in [2.24, 2.45) is 5.41 Å². The first-order valence-electron chi connectivity index (χ1n) is 10.7. The molecule has 0 unspecified atom stereocenters. The number of pyridine rings is 1. The topological polar surface area (TPSA) is 86.1 Å². The van der Waals surface area contributed by atoms with Gasteiger partial charge >= 0.3 is 0 Å². The molecule has 7 heteroatoms. The van der Waals surface area contributed by atoms with Gasteiger partial charge in [0.15, 0.2) is 0 Å². The van der Waals surface area contributed by atoms with Crippen molar-refractivity contribution in [1.82, 2.24) is 14.8 Å². The Morgan fingerprint density at radius 3 is 2.83 bits per heavy atom. The zero-order valence-electron chi connectivity index (χ0n) is 18.0. The summed E-state index contributed by atoms with van der Waals surface area (Å²) < 4.78 is 5.58. The molecule has 2 fully saturated rings. The Morgan fingerprint density at radius 2 is 2.07 bits per heavy atom. The number of hydrogen-bond acceptors (Lipinski definition) is 6. The zero-order valence-corrected chi connectivity index (χ0v) is 18.0. The van der Waals surface area contributed by atoms with Gasteiger partial charge in [0.1, 0.15) is 5.75 Å². The summed E-state index contributed by atoms with van der Waals surface area (Å²) in [5.74, 6) is 0.896. The Bertz CT molecular complexity index is 846. The molecule has 0 saturated carbocycles. The van der Waals surface area contributed by atoms with Gasteiger partial charge in [-0.2, -0.15) is 0 Å². The van der Waals surface area contributed by atoms with Gasteiger partial charge < -0.3 is 19.8 Å². The summed E-state index contributed by atoms with van der Waals surface area (Å²) in [6.45, 7) is 7.31. The third-order valence-corrected chi connectivity index (χ3v) is 6.18. The fraction of sp³-hybridized carbons (Fsp3) is 0.565. The number of nitrogens with zero attached hydrogens (tertiary/aromatic N) is 3. The average Bonchev–Trinajstić information content (AvgIpc) is 2.72. The van der Waals surface area contributed by atoms with Crippen LogP contribution in [0.2, 0.25) is 0 Å². The molecule has 0 amide bonds. The van der Waals surface area contributed by atoms with E-state index in [-0.39, 0.29) is 18.0 Å². The minimum atomic E-state index is -0.250. The summed E-state index contributed by atoms with van der Waals surface area (Å²) in [6, 6.07) is 10.4. The summed E-state index contributed by atoms with van der Waals surface area (Å²) in [5, 5.41) is 18.7. The minimum Gasteiger partial charge on any atom is -0.494 e. The van der Waals surface area contributed by atoms with Gasteiger partial charge in [-0.1, -0.05) is 6.07 Å². The fourth-order valence-corrected chi connectivity index (χ4v) is 4.88. The lowest BCUT2D eigenvalue weighted by Gasteiger charge is -2.50. The predicted molar refractivity (Wildman–Crippen MR) is 117 cm³/mol. The van der Waals surface area contributed by atoms with Crippen molar-refractivity contribution in [3.05, 3.63) is 36.0 Å². The molecule has 2 N–H and O–H groups in total. The number of rotatable bonds is 4. The van der Waals surface area contributed by atoms with Crippen LogP contribution in [0.3, 0.4) is 0 Å². The first-order valence-corrected chi connectivity index (χ1v) is 10.7. The van der Waals surface area contributed by atoms with E-state index in [1.54, 1.807) is 0 Å². The van der Waals surface area contributed by atoms with Crippen LogP contribution >= 0.6 is 0 Å². The molecule has 2 saturated heterocycles. The minimum absolute atomic E-state index is 0.0223. The average molecular weight is 416 g/mol. The van der Waals surface area contributed by atoms with Gasteiger partial charge in [0.2, 0.25) is 0 Å². The smallest absolute Gasteiger partial charge is 0.290 e. The van der Waals surface area contributed by atoms with E-state index in [1.165, 1.54) is 0 Å². The van der Waals surface area contributed by atoms with Gasteiger partial charge in [0, 0.05) is 37.0 Å². The quantitative estimate of drug-likeness (QED) is 0.743. The summed E-state index contributed by atoms with van der Waals surface area (Å²) in [4.78, 5) is 18.1. The van der Waals surface area contributed by atoms with Crippen LogP contribution in [0.15, 0.2) is 30.3 Å². The lowest BCUT2D eigenvalue weighted by Crippen LogP contribution is -2.58. The van der Waals surface area contributed by atoms with E-state index in [0.29, 0.717) is 6.61 Å². The number of piperidine rings is 2. The van der Waals surface area contributed by atoms with Gasteiger partial charge in [-0.05, 0) is 64.0 Å². The Kier molecular flexibility index (Phi) is 7.64. The summed E-state index contributed by atoms with van der Waals surface area (Å²) >= 11 is 0. The SMILES string of the molecule is CCOc1ccc2nc(CN3CCC[C@]4(CN(C)CC[C@@H]4O)C3)ccc2c1.O=CO. The van der Waals surface area contributed by atoms with E-state index in [4.69, 9.17) is 19.6 Å². The van der Waals surface area contributed by atoms with E-state index in [0.717, 1.165) is 74.3 Å². The second-order valence-corrected chi connectivity index (χ2v) is 8.41. The number of aliphatic hydroxyl groups excluding tert-OH is 1. The molecular formula is C23H33N3O4. The van der Waals surface area contributed by atoms with Gasteiger partial charge in [-0.25, -0.2) is 0 Å². The Morgan fingerprint density at radius 1 is 1.27 bits per heavy atom. The molecule has 1 aromatic heterocycles.